The Hall–Kier alpha value is -3.38. The van der Waals surface area contributed by atoms with Crippen molar-refractivity contribution in [1.82, 2.24) is 0 Å². The molecule has 2 aromatic carbocycles. The van der Waals surface area contributed by atoms with Crippen molar-refractivity contribution in [2.45, 2.75) is 13.8 Å². The highest BCUT2D eigenvalue weighted by Gasteiger charge is 2.18. The van der Waals surface area contributed by atoms with Crippen LogP contribution >= 0.6 is 0 Å². The molecule has 108 valence electrons. The van der Waals surface area contributed by atoms with Crippen LogP contribution in [0.3, 0.4) is 0 Å². The summed E-state index contributed by atoms with van der Waals surface area (Å²) in [5.74, 6) is 0. The summed E-state index contributed by atoms with van der Waals surface area (Å²) in [6.45, 7) is 3.85. The SMILES string of the molecule is Cc1cc(C)cc(Nc2cc(C#N)c(C#N)cc2[N+](=O)[O-])c1. The Morgan fingerprint density at radius 2 is 1.55 bits per heavy atom. The van der Waals surface area contributed by atoms with Crippen LogP contribution in [-0.4, -0.2) is 4.92 Å². The minimum atomic E-state index is -0.576. The lowest BCUT2D eigenvalue weighted by atomic mass is 10.1. The molecular weight excluding hydrogens is 280 g/mol. The second-order valence-corrected chi connectivity index (χ2v) is 4.90. The van der Waals surface area contributed by atoms with Gasteiger partial charge in [0.05, 0.1) is 16.1 Å². The van der Waals surface area contributed by atoms with Crippen molar-refractivity contribution in [2.75, 3.05) is 5.32 Å². The van der Waals surface area contributed by atoms with Gasteiger partial charge in [-0.3, -0.25) is 10.1 Å². The monoisotopic (exact) mass is 292 g/mol. The normalized spacial score (nSPS) is 9.64. The molecule has 0 unspecified atom stereocenters. The summed E-state index contributed by atoms with van der Waals surface area (Å²) >= 11 is 0. The lowest BCUT2D eigenvalue weighted by molar-refractivity contribution is -0.383. The fourth-order valence-electron chi connectivity index (χ4n) is 2.23. The van der Waals surface area contributed by atoms with Crippen LogP contribution in [0.25, 0.3) is 0 Å². The first kappa shape index (κ1) is 15.0. The molecule has 0 aliphatic heterocycles. The molecule has 0 atom stereocenters. The van der Waals surface area contributed by atoms with E-state index >= 15 is 0 Å². The van der Waals surface area contributed by atoms with Crippen LogP contribution in [0.5, 0.6) is 0 Å². The Labute approximate surface area is 127 Å². The van der Waals surface area contributed by atoms with Crippen LogP contribution in [0, 0.1) is 46.6 Å². The van der Waals surface area contributed by atoms with E-state index < -0.39 is 4.92 Å². The van der Waals surface area contributed by atoms with Crippen LogP contribution in [0.15, 0.2) is 30.3 Å². The fourth-order valence-corrected chi connectivity index (χ4v) is 2.23. The predicted octanol–water partition coefficient (Wildman–Crippen LogP) is 3.70. The first-order valence-corrected chi connectivity index (χ1v) is 6.42. The zero-order valence-electron chi connectivity index (χ0n) is 12.0. The molecule has 0 heterocycles. The van der Waals surface area contributed by atoms with Crippen molar-refractivity contribution < 1.29 is 4.92 Å². The third kappa shape index (κ3) is 3.02. The lowest BCUT2D eigenvalue weighted by Gasteiger charge is -2.10. The topological polar surface area (TPSA) is 103 Å². The maximum Gasteiger partial charge on any atom is 0.294 e. The number of aryl methyl sites for hydroxylation is 2. The molecule has 6 nitrogen and oxygen atoms in total. The highest BCUT2D eigenvalue weighted by atomic mass is 16.6. The van der Waals surface area contributed by atoms with Gasteiger partial charge in [-0.2, -0.15) is 10.5 Å². The molecule has 0 amide bonds. The highest BCUT2D eigenvalue weighted by molar-refractivity contribution is 5.74. The first-order valence-electron chi connectivity index (χ1n) is 6.42. The Morgan fingerprint density at radius 3 is 2.05 bits per heavy atom. The molecule has 0 aromatic heterocycles. The number of nitriles is 2. The van der Waals surface area contributed by atoms with Crippen molar-refractivity contribution in [1.29, 1.82) is 10.5 Å². The molecule has 0 aliphatic carbocycles. The van der Waals surface area contributed by atoms with Gasteiger partial charge >= 0.3 is 0 Å². The standard InChI is InChI=1S/C16H12N4O2/c1-10-3-11(2)5-14(4-10)19-15-6-12(8-17)13(9-18)7-16(15)20(21)22/h3-7,19H,1-2H3. The molecule has 0 aliphatic rings. The largest absolute Gasteiger partial charge is 0.350 e. The van der Waals surface area contributed by atoms with Crippen LogP contribution in [0.1, 0.15) is 22.3 Å². The maximum atomic E-state index is 11.2. The molecule has 2 rings (SSSR count). The Balaban J connectivity index is 2.56. The van der Waals surface area contributed by atoms with Crippen molar-refractivity contribution in [3.63, 3.8) is 0 Å². The number of nitro groups is 1. The average Bonchev–Trinajstić information content (AvgIpc) is 2.45. The van der Waals surface area contributed by atoms with Gasteiger partial charge in [0.25, 0.3) is 5.69 Å². The summed E-state index contributed by atoms with van der Waals surface area (Å²) in [5, 5.41) is 32.2. The molecule has 0 saturated heterocycles. The fraction of sp³-hybridized carbons (Fsp3) is 0.125. The van der Waals surface area contributed by atoms with Gasteiger partial charge in [-0.1, -0.05) is 6.07 Å². The highest BCUT2D eigenvalue weighted by Crippen LogP contribution is 2.31. The molecule has 0 saturated carbocycles. The summed E-state index contributed by atoms with van der Waals surface area (Å²) in [6, 6.07) is 11.8. The average molecular weight is 292 g/mol. The molecule has 2 aromatic rings. The van der Waals surface area contributed by atoms with Gasteiger partial charge in [0, 0.05) is 11.8 Å². The summed E-state index contributed by atoms with van der Waals surface area (Å²) in [7, 11) is 0. The van der Waals surface area contributed by atoms with Crippen LogP contribution < -0.4 is 5.32 Å². The van der Waals surface area contributed by atoms with Crippen molar-refractivity contribution in [3.05, 3.63) is 62.7 Å². The van der Waals surface area contributed by atoms with Crippen LogP contribution in [-0.2, 0) is 0 Å². The number of hydrogen-bond acceptors (Lipinski definition) is 5. The van der Waals surface area contributed by atoms with E-state index in [1.165, 1.54) is 6.07 Å². The van der Waals surface area contributed by atoms with Crippen molar-refractivity contribution in [2.24, 2.45) is 0 Å². The van der Waals surface area contributed by atoms with Crippen LogP contribution in [0.4, 0.5) is 17.1 Å². The van der Waals surface area contributed by atoms with Crippen molar-refractivity contribution in [3.8, 4) is 12.1 Å². The number of hydrogen-bond donors (Lipinski definition) is 1. The van der Waals surface area contributed by atoms with E-state index in [1.54, 1.807) is 6.07 Å². The zero-order chi connectivity index (χ0) is 16.3. The molecule has 1 N–H and O–H groups in total. The second kappa shape index (κ2) is 5.94. The Morgan fingerprint density at radius 1 is 1.00 bits per heavy atom. The molecule has 0 bridgehead atoms. The first-order chi connectivity index (χ1) is 10.4. The predicted molar refractivity (Wildman–Crippen MR) is 81.7 cm³/mol. The van der Waals surface area contributed by atoms with E-state index in [0.717, 1.165) is 17.2 Å². The molecule has 0 fully saturated rings. The quantitative estimate of drug-likeness (QED) is 0.686. The van der Waals surface area contributed by atoms with E-state index in [4.69, 9.17) is 10.5 Å². The molecule has 22 heavy (non-hydrogen) atoms. The van der Waals surface area contributed by atoms with Gasteiger partial charge in [-0.05, 0) is 43.2 Å². The second-order valence-electron chi connectivity index (χ2n) is 4.90. The number of rotatable bonds is 3. The van der Waals surface area contributed by atoms with Gasteiger partial charge < -0.3 is 5.32 Å². The summed E-state index contributed by atoms with van der Waals surface area (Å²) in [6.07, 6.45) is 0. The third-order valence-electron chi connectivity index (χ3n) is 3.07. The van der Waals surface area contributed by atoms with E-state index in [1.807, 2.05) is 38.1 Å². The maximum absolute atomic E-state index is 11.2. The number of nitrogens with one attached hydrogen (secondary N) is 1. The number of benzene rings is 2. The lowest BCUT2D eigenvalue weighted by Crippen LogP contribution is -2.00. The minimum Gasteiger partial charge on any atom is -0.350 e. The van der Waals surface area contributed by atoms with E-state index in [9.17, 15) is 10.1 Å². The minimum absolute atomic E-state index is 0.0137. The van der Waals surface area contributed by atoms with E-state index in [-0.39, 0.29) is 22.5 Å². The van der Waals surface area contributed by atoms with Gasteiger partial charge in [-0.15, -0.1) is 0 Å². The molecular formula is C16H12N4O2. The number of nitro benzene ring substituents is 1. The molecule has 0 radical (unpaired) electrons. The number of anilines is 2. The van der Waals surface area contributed by atoms with Gasteiger partial charge in [0.15, 0.2) is 0 Å². The Bertz CT molecular complexity index is 824. The summed E-state index contributed by atoms with van der Waals surface area (Å²) in [5.41, 5.74) is 2.74. The number of nitrogens with zero attached hydrogens (tertiary/aromatic N) is 3. The Kier molecular flexibility index (Phi) is 4.06. The van der Waals surface area contributed by atoms with E-state index in [2.05, 4.69) is 5.32 Å². The summed E-state index contributed by atoms with van der Waals surface area (Å²) < 4.78 is 0. The molecule has 6 heteroatoms. The van der Waals surface area contributed by atoms with Gasteiger partial charge in [-0.25, -0.2) is 0 Å². The van der Waals surface area contributed by atoms with Crippen molar-refractivity contribution >= 4 is 17.1 Å². The van der Waals surface area contributed by atoms with Gasteiger partial charge in [0.2, 0.25) is 0 Å². The molecule has 0 spiro atoms. The van der Waals surface area contributed by atoms with Gasteiger partial charge in [0.1, 0.15) is 17.8 Å². The zero-order valence-corrected chi connectivity index (χ0v) is 12.0. The summed E-state index contributed by atoms with van der Waals surface area (Å²) in [4.78, 5) is 10.6. The van der Waals surface area contributed by atoms with Crippen LogP contribution in [0.2, 0.25) is 0 Å². The van der Waals surface area contributed by atoms with E-state index in [0.29, 0.717) is 5.69 Å². The third-order valence-corrected chi connectivity index (χ3v) is 3.07. The smallest absolute Gasteiger partial charge is 0.294 e.